The standard InChI is InChI=1S/C15H25NO3/c1-5-15(3,17)11-19-14-9-13(18-4)8-7-12(14)10-16-6-2/h7-9,16-17H,5-6,10-11H2,1-4H3. The molecule has 0 saturated carbocycles. The SMILES string of the molecule is CCNCc1ccc(OC)cc1OCC(C)(O)CC. The minimum absolute atomic E-state index is 0.274. The fraction of sp³-hybridized carbons (Fsp3) is 0.600. The van der Waals surface area contributed by atoms with Gasteiger partial charge < -0.3 is 19.9 Å². The Morgan fingerprint density at radius 2 is 2.05 bits per heavy atom. The molecular formula is C15H25NO3. The van der Waals surface area contributed by atoms with Crippen molar-refractivity contribution < 1.29 is 14.6 Å². The Labute approximate surface area is 115 Å². The van der Waals surface area contributed by atoms with E-state index < -0.39 is 5.60 Å². The first-order valence-electron chi connectivity index (χ1n) is 6.75. The third-order valence-corrected chi connectivity index (χ3v) is 3.14. The Morgan fingerprint density at radius 3 is 2.63 bits per heavy atom. The molecule has 4 nitrogen and oxygen atoms in total. The zero-order valence-electron chi connectivity index (χ0n) is 12.3. The maximum atomic E-state index is 10.0. The molecule has 4 heteroatoms. The summed E-state index contributed by atoms with van der Waals surface area (Å²) in [7, 11) is 1.63. The number of methoxy groups -OCH3 is 1. The molecule has 0 bridgehead atoms. The summed E-state index contributed by atoms with van der Waals surface area (Å²) in [5, 5.41) is 13.3. The minimum atomic E-state index is -0.807. The van der Waals surface area contributed by atoms with E-state index in [-0.39, 0.29) is 6.61 Å². The van der Waals surface area contributed by atoms with E-state index in [9.17, 15) is 5.11 Å². The first-order chi connectivity index (χ1) is 9.02. The van der Waals surface area contributed by atoms with Crippen LogP contribution in [0.1, 0.15) is 32.8 Å². The zero-order valence-corrected chi connectivity index (χ0v) is 12.3. The second-order valence-corrected chi connectivity index (χ2v) is 4.89. The average molecular weight is 267 g/mol. The fourth-order valence-electron chi connectivity index (χ4n) is 1.54. The molecule has 1 rings (SSSR count). The smallest absolute Gasteiger partial charge is 0.127 e. The highest BCUT2D eigenvalue weighted by Crippen LogP contribution is 2.26. The summed E-state index contributed by atoms with van der Waals surface area (Å²) in [6, 6.07) is 5.76. The number of benzene rings is 1. The summed E-state index contributed by atoms with van der Waals surface area (Å²) < 4.78 is 11.0. The van der Waals surface area contributed by atoms with Gasteiger partial charge in [0.25, 0.3) is 0 Å². The molecule has 0 aromatic heterocycles. The van der Waals surface area contributed by atoms with Crippen molar-refractivity contribution >= 4 is 0 Å². The van der Waals surface area contributed by atoms with Crippen molar-refractivity contribution in [1.29, 1.82) is 0 Å². The van der Waals surface area contributed by atoms with Crippen LogP contribution < -0.4 is 14.8 Å². The molecule has 19 heavy (non-hydrogen) atoms. The van der Waals surface area contributed by atoms with E-state index in [4.69, 9.17) is 9.47 Å². The molecule has 0 spiro atoms. The van der Waals surface area contributed by atoms with Gasteiger partial charge in [-0.25, -0.2) is 0 Å². The van der Waals surface area contributed by atoms with Crippen molar-refractivity contribution in [2.75, 3.05) is 20.3 Å². The first-order valence-corrected chi connectivity index (χ1v) is 6.75. The van der Waals surface area contributed by atoms with Crippen LogP contribution in [-0.2, 0) is 6.54 Å². The lowest BCUT2D eigenvalue weighted by Gasteiger charge is -2.23. The van der Waals surface area contributed by atoms with Crippen molar-refractivity contribution in [3.8, 4) is 11.5 Å². The normalized spacial score (nSPS) is 13.9. The summed E-state index contributed by atoms with van der Waals surface area (Å²) >= 11 is 0. The van der Waals surface area contributed by atoms with Gasteiger partial charge in [0, 0.05) is 18.2 Å². The van der Waals surface area contributed by atoms with Crippen LogP contribution in [0.2, 0.25) is 0 Å². The molecule has 0 aliphatic carbocycles. The Balaban J connectivity index is 2.82. The predicted molar refractivity (Wildman–Crippen MR) is 76.8 cm³/mol. The van der Waals surface area contributed by atoms with E-state index >= 15 is 0 Å². The number of ether oxygens (including phenoxy) is 2. The molecule has 0 amide bonds. The quantitative estimate of drug-likeness (QED) is 0.759. The summed E-state index contributed by atoms with van der Waals surface area (Å²) in [6.45, 7) is 7.69. The molecule has 0 fully saturated rings. The highest BCUT2D eigenvalue weighted by molar-refractivity contribution is 5.40. The molecule has 1 unspecified atom stereocenters. The Bertz CT molecular complexity index is 391. The maximum absolute atomic E-state index is 10.0. The molecule has 0 aliphatic heterocycles. The molecule has 1 aromatic carbocycles. The molecule has 1 aromatic rings. The van der Waals surface area contributed by atoms with Gasteiger partial charge in [0.05, 0.1) is 12.7 Å². The molecule has 1 atom stereocenters. The molecule has 0 heterocycles. The molecule has 0 saturated heterocycles. The maximum Gasteiger partial charge on any atom is 0.127 e. The van der Waals surface area contributed by atoms with Crippen molar-refractivity contribution in [2.45, 2.75) is 39.3 Å². The van der Waals surface area contributed by atoms with E-state index in [2.05, 4.69) is 12.2 Å². The number of rotatable bonds is 8. The summed E-state index contributed by atoms with van der Waals surface area (Å²) in [5.74, 6) is 1.51. The number of nitrogens with one attached hydrogen (secondary N) is 1. The van der Waals surface area contributed by atoms with Crippen LogP contribution in [0.25, 0.3) is 0 Å². The monoisotopic (exact) mass is 267 g/mol. The van der Waals surface area contributed by atoms with Gasteiger partial charge in [-0.2, -0.15) is 0 Å². The van der Waals surface area contributed by atoms with Crippen LogP contribution in [0.15, 0.2) is 18.2 Å². The van der Waals surface area contributed by atoms with Gasteiger partial charge in [0.1, 0.15) is 18.1 Å². The van der Waals surface area contributed by atoms with Gasteiger partial charge in [0.15, 0.2) is 0 Å². The first kappa shape index (κ1) is 15.8. The second kappa shape index (κ2) is 7.36. The largest absolute Gasteiger partial charge is 0.497 e. The molecule has 0 aliphatic rings. The molecule has 0 radical (unpaired) electrons. The second-order valence-electron chi connectivity index (χ2n) is 4.89. The highest BCUT2D eigenvalue weighted by Gasteiger charge is 2.19. The Kier molecular flexibility index (Phi) is 6.12. The summed E-state index contributed by atoms with van der Waals surface area (Å²) in [6.07, 6.45) is 0.652. The Morgan fingerprint density at radius 1 is 1.32 bits per heavy atom. The van der Waals surface area contributed by atoms with Crippen LogP contribution >= 0.6 is 0 Å². The van der Waals surface area contributed by atoms with Crippen LogP contribution in [-0.4, -0.2) is 31.0 Å². The van der Waals surface area contributed by atoms with Crippen LogP contribution in [0.5, 0.6) is 11.5 Å². The Hall–Kier alpha value is -1.26. The number of hydrogen-bond donors (Lipinski definition) is 2. The number of hydrogen-bond acceptors (Lipinski definition) is 4. The fourth-order valence-corrected chi connectivity index (χ4v) is 1.54. The lowest BCUT2D eigenvalue weighted by Crippen LogP contribution is -2.31. The van der Waals surface area contributed by atoms with Gasteiger partial charge in [-0.15, -0.1) is 0 Å². The van der Waals surface area contributed by atoms with Crippen LogP contribution in [0.4, 0.5) is 0 Å². The van der Waals surface area contributed by atoms with E-state index in [0.29, 0.717) is 6.42 Å². The van der Waals surface area contributed by atoms with E-state index in [1.807, 2.05) is 25.1 Å². The van der Waals surface area contributed by atoms with Gasteiger partial charge in [-0.05, 0) is 26.0 Å². The molecule has 2 N–H and O–H groups in total. The van der Waals surface area contributed by atoms with Gasteiger partial charge in [0.2, 0.25) is 0 Å². The van der Waals surface area contributed by atoms with Crippen molar-refractivity contribution in [3.63, 3.8) is 0 Å². The van der Waals surface area contributed by atoms with E-state index in [0.717, 1.165) is 30.2 Å². The third kappa shape index (κ3) is 5.09. The third-order valence-electron chi connectivity index (χ3n) is 3.14. The molecular weight excluding hydrogens is 242 g/mol. The average Bonchev–Trinajstić information content (AvgIpc) is 2.43. The van der Waals surface area contributed by atoms with Gasteiger partial charge in [-0.1, -0.05) is 19.9 Å². The lowest BCUT2D eigenvalue weighted by molar-refractivity contribution is 0.00809. The predicted octanol–water partition coefficient (Wildman–Crippen LogP) is 2.34. The van der Waals surface area contributed by atoms with Crippen LogP contribution in [0, 0.1) is 0 Å². The van der Waals surface area contributed by atoms with Crippen molar-refractivity contribution in [2.24, 2.45) is 0 Å². The number of aliphatic hydroxyl groups is 1. The van der Waals surface area contributed by atoms with Crippen LogP contribution in [0.3, 0.4) is 0 Å². The lowest BCUT2D eigenvalue weighted by atomic mass is 10.1. The topological polar surface area (TPSA) is 50.7 Å². The van der Waals surface area contributed by atoms with Gasteiger partial charge >= 0.3 is 0 Å². The van der Waals surface area contributed by atoms with E-state index in [1.165, 1.54) is 0 Å². The minimum Gasteiger partial charge on any atom is -0.497 e. The summed E-state index contributed by atoms with van der Waals surface area (Å²) in [4.78, 5) is 0. The highest BCUT2D eigenvalue weighted by atomic mass is 16.5. The van der Waals surface area contributed by atoms with Gasteiger partial charge in [-0.3, -0.25) is 0 Å². The summed E-state index contributed by atoms with van der Waals surface area (Å²) in [5.41, 5.74) is 0.257. The van der Waals surface area contributed by atoms with Crippen molar-refractivity contribution in [3.05, 3.63) is 23.8 Å². The van der Waals surface area contributed by atoms with E-state index in [1.54, 1.807) is 14.0 Å². The molecule has 108 valence electrons. The van der Waals surface area contributed by atoms with Crippen molar-refractivity contribution in [1.82, 2.24) is 5.32 Å². The zero-order chi connectivity index (χ0) is 14.3.